The fourth-order valence-corrected chi connectivity index (χ4v) is 3.87. The normalized spacial score (nSPS) is 22.3. The Kier molecular flexibility index (Phi) is 4.62. The molecule has 3 rings (SSSR count). The zero-order valence-electron chi connectivity index (χ0n) is 13.5. The molecule has 22 heavy (non-hydrogen) atoms. The Morgan fingerprint density at radius 3 is 2.73 bits per heavy atom. The van der Waals surface area contributed by atoms with Crippen molar-refractivity contribution < 1.29 is 0 Å². The summed E-state index contributed by atoms with van der Waals surface area (Å²) in [6.07, 6.45) is 2.28. The lowest BCUT2D eigenvalue weighted by Crippen LogP contribution is -2.31. The summed E-state index contributed by atoms with van der Waals surface area (Å²) in [7, 11) is 0. The van der Waals surface area contributed by atoms with E-state index in [-0.39, 0.29) is 5.41 Å². The highest BCUT2D eigenvalue weighted by Gasteiger charge is 2.32. The lowest BCUT2D eigenvalue weighted by molar-refractivity contribution is 0.272. The van der Waals surface area contributed by atoms with Gasteiger partial charge in [0.05, 0.1) is 5.69 Å². The molecule has 1 fully saturated rings. The second-order valence-electron chi connectivity index (χ2n) is 6.67. The Morgan fingerprint density at radius 2 is 2.09 bits per heavy atom. The van der Waals surface area contributed by atoms with Crippen molar-refractivity contribution in [2.75, 3.05) is 19.6 Å². The number of likely N-dealkylation sites (tertiary alicyclic amines) is 1. The quantitative estimate of drug-likeness (QED) is 0.917. The summed E-state index contributed by atoms with van der Waals surface area (Å²) in [5, 5.41) is 3.32. The maximum atomic E-state index is 5.89. The standard InChI is InChI=1S/C18H25N3S/c1-3-14-4-6-15(7-5-14)17-20-16(11-22-17)10-21-9-8-18(2,12-19)13-21/h4-7,11H,3,8-10,12-13,19H2,1-2H3. The number of aryl methyl sites for hydroxylation is 1. The minimum Gasteiger partial charge on any atom is -0.330 e. The summed E-state index contributed by atoms with van der Waals surface area (Å²) in [6.45, 7) is 8.40. The third-order valence-corrected chi connectivity index (χ3v) is 5.62. The van der Waals surface area contributed by atoms with Crippen LogP contribution in [0.2, 0.25) is 0 Å². The molecule has 1 aromatic heterocycles. The Bertz CT molecular complexity index is 620. The number of rotatable bonds is 5. The van der Waals surface area contributed by atoms with Crippen LogP contribution in [0.5, 0.6) is 0 Å². The molecule has 1 aromatic carbocycles. The summed E-state index contributed by atoms with van der Waals surface area (Å²) >= 11 is 1.74. The highest BCUT2D eigenvalue weighted by molar-refractivity contribution is 7.13. The van der Waals surface area contributed by atoms with Gasteiger partial charge in [0.2, 0.25) is 0 Å². The molecule has 2 N–H and O–H groups in total. The highest BCUT2D eigenvalue weighted by Crippen LogP contribution is 2.30. The van der Waals surface area contributed by atoms with Gasteiger partial charge in [-0.2, -0.15) is 0 Å². The van der Waals surface area contributed by atoms with Gasteiger partial charge in [0.1, 0.15) is 5.01 Å². The molecule has 4 heteroatoms. The Morgan fingerprint density at radius 1 is 1.32 bits per heavy atom. The molecule has 0 bridgehead atoms. The van der Waals surface area contributed by atoms with E-state index < -0.39 is 0 Å². The summed E-state index contributed by atoms with van der Waals surface area (Å²) in [5.41, 5.74) is 9.95. The van der Waals surface area contributed by atoms with E-state index in [2.05, 4.69) is 48.4 Å². The molecule has 118 valence electrons. The number of nitrogens with zero attached hydrogens (tertiary/aromatic N) is 2. The zero-order valence-corrected chi connectivity index (χ0v) is 14.3. The average molecular weight is 315 g/mol. The first-order valence-electron chi connectivity index (χ1n) is 8.08. The Labute approximate surface area is 137 Å². The van der Waals surface area contributed by atoms with Crippen molar-refractivity contribution in [1.82, 2.24) is 9.88 Å². The fraction of sp³-hybridized carbons (Fsp3) is 0.500. The molecule has 1 aliphatic rings. The van der Waals surface area contributed by atoms with E-state index in [9.17, 15) is 0 Å². The average Bonchev–Trinajstić information content (AvgIpc) is 3.16. The predicted molar refractivity (Wildman–Crippen MR) is 94.0 cm³/mol. The molecule has 0 radical (unpaired) electrons. The molecule has 1 saturated heterocycles. The second kappa shape index (κ2) is 6.49. The van der Waals surface area contributed by atoms with Gasteiger partial charge < -0.3 is 5.73 Å². The Hall–Kier alpha value is -1.23. The largest absolute Gasteiger partial charge is 0.330 e. The lowest BCUT2D eigenvalue weighted by atomic mass is 9.90. The van der Waals surface area contributed by atoms with E-state index in [0.717, 1.165) is 37.6 Å². The van der Waals surface area contributed by atoms with Gasteiger partial charge in [-0.05, 0) is 36.9 Å². The predicted octanol–water partition coefficient (Wildman–Crippen LogP) is 3.54. The van der Waals surface area contributed by atoms with Crippen molar-refractivity contribution in [1.29, 1.82) is 0 Å². The third kappa shape index (κ3) is 3.40. The van der Waals surface area contributed by atoms with Crippen LogP contribution in [0.25, 0.3) is 10.6 Å². The molecule has 0 saturated carbocycles. The van der Waals surface area contributed by atoms with E-state index in [4.69, 9.17) is 10.7 Å². The first-order chi connectivity index (χ1) is 10.6. The summed E-state index contributed by atoms with van der Waals surface area (Å²) in [6, 6.07) is 8.76. The number of thiazole rings is 1. The molecule has 1 aliphatic heterocycles. The molecule has 1 unspecified atom stereocenters. The van der Waals surface area contributed by atoms with Crippen molar-refractivity contribution in [3.63, 3.8) is 0 Å². The van der Waals surface area contributed by atoms with Gasteiger partial charge in [-0.1, -0.05) is 38.1 Å². The van der Waals surface area contributed by atoms with Gasteiger partial charge in [0.25, 0.3) is 0 Å². The van der Waals surface area contributed by atoms with E-state index >= 15 is 0 Å². The summed E-state index contributed by atoms with van der Waals surface area (Å²) < 4.78 is 0. The van der Waals surface area contributed by atoms with Crippen LogP contribution in [0.1, 0.15) is 31.5 Å². The topological polar surface area (TPSA) is 42.2 Å². The molecular formula is C18H25N3S. The van der Waals surface area contributed by atoms with Crippen molar-refractivity contribution in [3.8, 4) is 10.6 Å². The summed E-state index contributed by atoms with van der Waals surface area (Å²) in [4.78, 5) is 7.30. The minimum absolute atomic E-state index is 0.287. The minimum atomic E-state index is 0.287. The van der Waals surface area contributed by atoms with Gasteiger partial charge in [0, 0.05) is 24.0 Å². The van der Waals surface area contributed by atoms with Crippen molar-refractivity contribution in [2.24, 2.45) is 11.1 Å². The van der Waals surface area contributed by atoms with E-state index in [1.54, 1.807) is 11.3 Å². The maximum absolute atomic E-state index is 5.89. The van der Waals surface area contributed by atoms with Gasteiger partial charge in [-0.3, -0.25) is 4.90 Å². The summed E-state index contributed by atoms with van der Waals surface area (Å²) in [5.74, 6) is 0. The van der Waals surface area contributed by atoms with Crippen LogP contribution in [0.4, 0.5) is 0 Å². The van der Waals surface area contributed by atoms with Crippen LogP contribution in [-0.4, -0.2) is 29.5 Å². The van der Waals surface area contributed by atoms with Crippen LogP contribution < -0.4 is 5.73 Å². The van der Waals surface area contributed by atoms with Gasteiger partial charge in [0.15, 0.2) is 0 Å². The second-order valence-corrected chi connectivity index (χ2v) is 7.53. The number of aromatic nitrogens is 1. The molecular weight excluding hydrogens is 290 g/mol. The first kappa shape index (κ1) is 15.7. The lowest BCUT2D eigenvalue weighted by Gasteiger charge is -2.22. The van der Waals surface area contributed by atoms with Crippen LogP contribution >= 0.6 is 11.3 Å². The van der Waals surface area contributed by atoms with Crippen LogP contribution in [0.15, 0.2) is 29.6 Å². The number of nitrogens with two attached hydrogens (primary N) is 1. The van der Waals surface area contributed by atoms with Gasteiger partial charge in [-0.15, -0.1) is 11.3 Å². The number of hydrogen-bond donors (Lipinski definition) is 1. The third-order valence-electron chi connectivity index (χ3n) is 4.68. The smallest absolute Gasteiger partial charge is 0.123 e. The van der Waals surface area contributed by atoms with E-state index in [1.165, 1.54) is 23.2 Å². The maximum Gasteiger partial charge on any atom is 0.123 e. The number of benzene rings is 1. The monoisotopic (exact) mass is 315 g/mol. The van der Waals surface area contributed by atoms with Crippen molar-refractivity contribution in [2.45, 2.75) is 33.2 Å². The molecule has 0 spiro atoms. The van der Waals surface area contributed by atoms with Crippen molar-refractivity contribution in [3.05, 3.63) is 40.9 Å². The van der Waals surface area contributed by atoms with Crippen LogP contribution in [0.3, 0.4) is 0 Å². The van der Waals surface area contributed by atoms with Gasteiger partial charge in [-0.25, -0.2) is 4.98 Å². The van der Waals surface area contributed by atoms with Gasteiger partial charge >= 0.3 is 0 Å². The Balaban J connectivity index is 1.66. The van der Waals surface area contributed by atoms with Crippen molar-refractivity contribution >= 4 is 11.3 Å². The highest BCUT2D eigenvalue weighted by atomic mass is 32.1. The van der Waals surface area contributed by atoms with E-state index in [0.29, 0.717) is 0 Å². The fourth-order valence-electron chi connectivity index (χ4n) is 3.05. The van der Waals surface area contributed by atoms with Crippen LogP contribution in [-0.2, 0) is 13.0 Å². The molecule has 1 atom stereocenters. The SMILES string of the molecule is CCc1ccc(-c2nc(CN3CCC(C)(CN)C3)cs2)cc1. The molecule has 0 amide bonds. The first-order valence-corrected chi connectivity index (χ1v) is 8.96. The van der Waals surface area contributed by atoms with Crippen LogP contribution in [0, 0.1) is 5.41 Å². The molecule has 3 nitrogen and oxygen atoms in total. The molecule has 0 aliphatic carbocycles. The molecule has 2 heterocycles. The molecule has 2 aromatic rings. The van der Waals surface area contributed by atoms with E-state index in [1.807, 2.05) is 0 Å². The number of hydrogen-bond acceptors (Lipinski definition) is 4. The zero-order chi connectivity index (χ0) is 15.6.